The van der Waals surface area contributed by atoms with Crippen LogP contribution in [0.25, 0.3) is 0 Å². The van der Waals surface area contributed by atoms with Crippen molar-refractivity contribution in [2.75, 3.05) is 19.6 Å². The summed E-state index contributed by atoms with van der Waals surface area (Å²) in [6, 6.07) is 0. The number of alkyl halides is 3. The summed E-state index contributed by atoms with van der Waals surface area (Å²) >= 11 is 3.36. The van der Waals surface area contributed by atoms with Crippen LogP contribution in [0.3, 0.4) is 0 Å². The number of fused-ring (bicyclic) bond motifs is 1. The first-order valence-electron chi connectivity index (χ1n) is 7.08. The molecule has 0 aliphatic carbocycles. The Morgan fingerprint density at radius 1 is 1.39 bits per heavy atom. The van der Waals surface area contributed by atoms with Crippen LogP contribution in [0.4, 0.5) is 13.2 Å². The molecule has 0 radical (unpaired) electrons. The topological polar surface area (TPSA) is 58.4 Å². The average molecular weight is 395 g/mol. The highest BCUT2D eigenvalue weighted by molar-refractivity contribution is 9.10. The smallest absolute Gasteiger partial charge is 0.333 e. The van der Waals surface area contributed by atoms with E-state index in [2.05, 4.69) is 20.9 Å². The van der Waals surface area contributed by atoms with Crippen LogP contribution in [0.15, 0.2) is 10.8 Å². The molecule has 10 heteroatoms. The van der Waals surface area contributed by atoms with E-state index in [0.717, 1.165) is 4.60 Å². The molecule has 2 aliphatic rings. The molecule has 0 spiro atoms. The van der Waals surface area contributed by atoms with Crippen LogP contribution in [0, 0.1) is 5.92 Å². The summed E-state index contributed by atoms with van der Waals surface area (Å²) in [5.41, 5.74) is 0. The number of carbonyl (C=O) groups excluding carboxylic acids is 2. The second-order valence-corrected chi connectivity index (χ2v) is 6.51. The van der Waals surface area contributed by atoms with E-state index in [-0.39, 0.29) is 18.9 Å². The van der Waals surface area contributed by atoms with E-state index < -0.39 is 24.5 Å². The van der Waals surface area contributed by atoms with Gasteiger partial charge in [0.05, 0.1) is 18.7 Å². The lowest BCUT2D eigenvalue weighted by molar-refractivity contribution is -0.157. The molecule has 1 aromatic heterocycles. The van der Waals surface area contributed by atoms with E-state index in [1.165, 1.54) is 0 Å². The van der Waals surface area contributed by atoms with E-state index in [1.54, 1.807) is 11.1 Å². The number of imidazole rings is 1. The van der Waals surface area contributed by atoms with Gasteiger partial charge in [0, 0.05) is 26.1 Å². The molecule has 1 saturated heterocycles. The zero-order valence-corrected chi connectivity index (χ0v) is 13.6. The molecular weight excluding hydrogens is 381 g/mol. The molecule has 3 heterocycles. The minimum absolute atomic E-state index is 0.163. The number of hydrogen-bond acceptors (Lipinski definition) is 3. The van der Waals surface area contributed by atoms with Crippen LogP contribution in [-0.4, -0.2) is 57.0 Å². The molecule has 2 aliphatic heterocycles. The van der Waals surface area contributed by atoms with Gasteiger partial charge >= 0.3 is 6.18 Å². The summed E-state index contributed by atoms with van der Waals surface area (Å²) in [6.45, 7) is -0.160. The van der Waals surface area contributed by atoms with Gasteiger partial charge in [-0.1, -0.05) is 0 Å². The lowest BCUT2D eigenvalue weighted by Gasteiger charge is -2.30. The predicted octanol–water partition coefficient (Wildman–Crippen LogP) is 1.40. The van der Waals surface area contributed by atoms with Gasteiger partial charge in [-0.25, -0.2) is 4.98 Å². The molecule has 6 nitrogen and oxygen atoms in total. The molecule has 23 heavy (non-hydrogen) atoms. The number of halogens is 4. The third-order valence-corrected chi connectivity index (χ3v) is 4.69. The van der Waals surface area contributed by atoms with Crippen molar-refractivity contribution in [3.05, 3.63) is 16.6 Å². The summed E-state index contributed by atoms with van der Waals surface area (Å²) in [6.07, 6.45) is -2.97. The normalized spacial score (nSPS) is 21.7. The van der Waals surface area contributed by atoms with Crippen molar-refractivity contribution in [2.24, 2.45) is 5.92 Å². The lowest BCUT2D eigenvalue weighted by Crippen LogP contribution is -2.43. The van der Waals surface area contributed by atoms with Crippen LogP contribution >= 0.6 is 15.9 Å². The Morgan fingerprint density at radius 2 is 2.13 bits per heavy atom. The number of nitrogens with zero attached hydrogens (tertiary/aromatic N) is 4. The second kappa shape index (κ2) is 5.81. The first-order valence-corrected chi connectivity index (χ1v) is 7.87. The average Bonchev–Trinajstić information content (AvgIpc) is 3.00. The maximum Gasteiger partial charge on any atom is 0.406 e. The van der Waals surface area contributed by atoms with Gasteiger partial charge in [-0.15, -0.1) is 0 Å². The molecule has 0 saturated carbocycles. The molecule has 3 rings (SSSR count). The van der Waals surface area contributed by atoms with Gasteiger partial charge in [-0.05, 0) is 15.9 Å². The molecule has 0 aromatic carbocycles. The molecule has 1 fully saturated rings. The van der Waals surface area contributed by atoms with Gasteiger partial charge in [0.2, 0.25) is 11.8 Å². The summed E-state index contributed by atoms with van der Waals surface area (Å²) < 4.78 is 40.0. The van der Waals surface area contributed by atoms with Crippen molar-refractivity contribution in [3.8, 4) is 0 Å². The monoisotopic (exact) mass is 394 g/mol. The highest BCUT2D eigenvalue weighted by Crippen LogP contribution is 2.26. The van der Waals surface area contributed by atoms with Crippen molar-refractivity contribution in [3.63, 3.8) is 0 Å². The fourth-order valence-corrected chi connectivity index (χ4v) is 3.46. The van der Waals surface area contributed by atoms with E-state index >= 15 is 0 Å². The van der Waals surface area contributed by atoms with Gasteiger partial charge < -0.3 is 14.4 Å². The third kappa shape index (κ3) is 3.36. The van der Waals surface area contributed by atoms with Crippen LogP contribution in [0.2, 0.25) is 0 Å². The summed E-state index contributed by atoms with van der Waals surface area (Å²) in [5, 5.41) is 0. The Morgan fingerprint density at radius 3 is 2.83 bits per heavy atom. The van der Waals surface area contributed by atoms with Crippen LogP contribution in [0.5, 0.6) is 0 Å². The maximum atomic E-state index is 12.5. The second-order valence-electron chi connectivity index (χ2n) is 5.70. The van der Waals surface area contributed by atoms with Crippen LogP contribution in [0.1, 0.15) is 12.2 Å². The summed E-state index contributed by atoms with van der Waals surface area (Å²) in [4.78, 5) is 30.6. The molecule has 0 bridgehead atoms. The number of aromatic nitrogens is 2. The van der Waals surface area contributed by atoms with E-state index in [1.807, 2.05) is 4.57 Å². The van der Waals surface area contributed by atoms with E-state index in [4.69, 9.17) is 0 Å². The lowest BCUT2D eigenvalue weighted by atomic mass is 10.1. The van der Waals surface area contributed by atoms with Gasteiger partial charge in [0.25, 0.3) is 0 Å². The summed E-state index contributed by atoms with van der Waals surface area (Å²) in [7, 11) is 0. The number of likely N-dealkylation sites (tertiary alicyclic amines) is 1. The Labute approximate surface area is 138 Å². The Bertz CT molecular complexity index is 646. The molecule has 1 aromatic rings. The number of carbonyl (C=O) groups is 2. The van der Waals surface area contributed by atoms with Crippen LogP contribution < -0.4 is 0 Å². The molecule has 0 N–H and O–H groups in total. The van der Waals surface area contributed by atoms with E-state index in [9.17, 15) is 22.8 Å². The maximum absolute atomic E-state index is 12.5. The predicted molar refractivity (Wildman–Crippen MR) is 76.1 cm³/mol. The number of rotatable bonds is 2. The molecule has 2 amide bonds. The quantitative estimate of drug-likeness (QED) is 0.761. The highest BCUT2D eigenvalue weighted by atomic mass is 79.9. The minimum Gasteiger partial charge on any atom is -0.333 e. The largest absolute Gasteiger partial charge is 0.406 e. The number of amides is 2. The third-order valence-electron chi connectivity index (χ3n) is 4.06. The van der Waals surface area contributed by atoms with Crippen molar-refractivity contribution in [2.45, 2.75) is 25.7 Å². The number of hydrogen-bond donors (Lipinski definition) is 0. The Hall–Kier alpha value is -1.58. The van der Waals surface area contributed by atoms with Gasteiger partial charge in [-0.3, -0.25) is 9.59 Å². The van der Waals surface area contributed by atoms with Crippen molar-refractivity contribution in [1.82, 2.24) is 19.4 Å². The van der Waals surface area contributed by atoms with Gasteiger partial charge in [0.1, 0.15) is 17.0 Å². The molecule has 126 valence electrons. The van der Waals surface area contributed by atoms with Gasteiger partial charge in [-0.2, -0.15) is 13.2 Å². The van der Waals surface area contributed by atoms with Crippen molar-refractivity contribution < 1.29 is 22.8 Å². The van der Waals surface area contributed by atoms with E-state index in [0.29, 0.717) is 30.4 Å². The minimum atomic E-state index is -4.45. The first kappa shape index (κ1) is 16.3. The molecule has 1 unspecified atom stereocenters. The zero-order chi connectivity index (χ0) is 16.8. The van der Waals surface area contributed by atoms with Crippen molar-refractivity contribution >= 4 is 27.7 Å². The molecular formula is C13H14BrF3N4O2. The van der Waals surface area contributed by atoms with Gasteiger partial charge in [0.15, 0.2) is 0 Å². The highest BCUT2D eigenvalue weighted by Gasteiger charge is 2.42. The standard InChI is InChI=1S/C13H14BrF3N4O2/c14-9-4-18-10-6-19(1-2-21(9)10)12(23)8-3-11(22)20(5-8)7-13(15,16)17/h4,8H,1-3,5-7H2. The zero-order valence-electron chi connectivity index (χ0n) is 12.0. The van der Waals surface area contributed by atoms with Crippen molar-refractivity contribution in [1.29, 1.82) is 0 Å². The fraction of sp³-hybridized carbons (Fsp3) is 0.615. The fourth-order valence-electron chi connectivity index (χ4n) is 2.98. The first-order chi connectivity index (χ1) is 10.7. The Balaban J connectivity index is 1.65. The van der Waals surface area contributed by atoms with Crippen LogP contribution in [-0.2, 0) is 22.7 Å². The SMILES string of the molecule is O=C1CC(C(=O)N2CCn3c(Br)cnc3C2)CN1CC(F)(F)F. The summed E-state index contributed by atoms with van der Waals surface area (Å²) in [5.74, 6) is -0.905. The molecule has 1 atom stereocenters. The Kier molecular flexibility index (Phi) is 4.11.